The summed E-state index contributed by atoms with van der Waals surface area (Å²) in [5.74, 6) is 0.105. The minimum atomic E-state index is -0.360. The standard InChI is InChI=1S/C14H16FN3O2S/c1-2-8-18-13(20)16-17-14(18)21-9-7-12(19)10-3-5-11(15)6-4-10/h3-6H,2,7-9H2,1H3,(H,16,20). The van der Waals surface area contributed by atoms with Gasteiger partial charge in [-0.2, -0.15) is 0 Å². The van der Waals surface area contributed by atoms with Gasteiger partial charge in [0.1, 0.15) is 5.82 Å². The molecule has 0 aliphatic carbocycles. The lowest BCUT2D eigenvalue weighted by molar-refractivity contribution is 0.0989. The Hall–Kier alpha value is -1.89. The van der Waals surface area contributed by atoms with Gasteiger partial charge in [0.25, 0.3) is 0 Å². The molecule has 21 heavy (non-hydrogen) atoms. The molecule has 5 nitrogen and oxygen atoms in total. The largest absolute Gasteiger partial charge is 0.343 e. The van der Waals surface area contributed by atoms with E-state index < -0.39 is 0 Å². The zero-order valence-corrected chi connectivity index (χ0v) is 12.5. The van der Waals surface area contributed by atoms with Crippen LogP contribution in [0.25, 0.3) is 0 Å². The number of nitrogens with one attached hydrogen (secondary N) is 1. The predicted molar refractivity (Wildman–Crippen MR) is 79.2 cm³/mol. The van der Waals surface area contributed by atoms with Crippen LogP contribution in [0.4, 0.5) is 4.39 Å². The quantitative estimate of drug-likeness (QED) is 0.630. The van der Waals surface area contributed by atoms with E-state index in [2.05, 4.69) is 10.2 Å². The summed E-state index contributed by atoms with van der Waals surface area (Å²) in [5, 5.41) is 6.94. The van der Waals surface area contributed by atoms with E-state index in [1.807, 2.05) is 6.92 Å². The first-order chi connectivity index (χ1) is 10.1. The molecule has 0 radical (unpaired) electrons. The van der Waals surface area contributed by atoms with Crippen LogP contribution in [-0.4, -0.2) is 26.3 Å². The SMILES string of the molecule is CCCn1c(SCCC(=O)c2ccc(F)cc2)n[nH]c1=O. The number of halogens is 1. The number of H-pyrrole nitrogens is 1. The molecular formula is C14H16FN3O2S. The van der Waals surface area contributed by atoms with Crippen LogP contribution in [-0.2, 0) is 6.54 Å². The Morgan fingerprint density at radius 2 is 2.10 bits per heavy atom. The first-order valence-electron chi connectivity index (χ1n) is 6.68. The monoisotopic (exact) mass is 309 g/mol. The van der Waals surface area contributed by atoms with E-state index in [1.165, 1.54) is 36.0 Å². The van der Waals surface area contributed by atoms with Crippen LogP contribution >= 0.6 is 11.8 Å². The number of thioether (sulfide) groups is 1. The van der Waals surface area contributed by atoms with E-state index in [0.29, 0.717) is 29.4 Å². The molecule has 0 spiro atoms. The van der Waals surface area contributed by atoms with Gasteiger partial charge in [-0.15, -0.1) is 5.10 Å². The zero-order valence-electron chi connectivity index (χ0n) is 11.6. The van der Waals surface area contributed by atoms with Crippen molar-refractivity contribution in [2.24, 2.45) is 0 Å². The summed E-state index contributed by atoms with van der Waals surface area (Å²) < 4.78 is 14.3. The molecule has 1 N–H and O–H groups in total. The molecule has 0 bridgehead atoms. The minimum absolute atomic E-state index is 0.0533. The Labute approximate surface area is 125 Å². The van der Waals surface area contributed by atoms with Crippen molar-refractivity contribution in [3.05, 3.63) is 46.1 Å². The molecule has 7 heteroatoms. The van der Waals surface area contributed by atoms with Crippen molar-refractivity contribution in [3.63, 3.8) is 0 Å². The third-order valence-corrected chi connectivity index (χ3v) is 3.88. The average molecular weight is 309 g/mol. The number of hydrogen-bond acceptors (Lipinski definition) is 4. The Balaban J connectivity index is 1.91. The molecule has 1 heterocycles. The van der Waals surface area contributed by atoms with Crippen LogP contribution in [0.2, 0.25) is 0 Å². The predicted octanol–water partition coefficient (Wildman–Crippen LogP) is 2.49. The lowest BCUT2D eigenvalue weighted by Gasteiger charge is -2.03. The molecule has 0 atom stereocenters. The number of aromatic amines is 1. The molecule has 2 aromatic rings. The molecule has 0 saturated heterocycles. The molecule has 0 fully saturated rings. The van der Waals surface area contributed by atoms with Crippen LogP contribution in [0.1, 0.15) is 30.1 Å². The van der Waals surface area contributed by atoms with Gasteiger partial charge in [0.05, 0.1) is 0 Å². The summed E-state index contributed by atoms with van der Waals surface area (Å²) in [6.07, 6.45) is 1.14. The van der Waals surface area contributed by atoms with E-state index >= 15 is 0 Å². The number of carbonyl (C=O) groups excluding carboxylic acids is 1. The Morgan fingerprint density at radius 3 is 2.76 bits per heavy atom. The fourth-order valence-corrected chi connectivity index (χ4v) is 2.76. The molecule has 0 aliphatic heterocycles. The number of ketones is 1. The fraction of sp³-hybridized carbons (Fsp3) is 0.357. The normalized spacial score (nSPS) is 10.8. The summed E-state index contributed by atoms with van der Waals surface area (Å²) in [7, 11) is 0. The first-order valence-corrected chi connectivity index (χ1v) is 7.67. The van der Waals surface area contributed by atoms with E-state index in [0.717, 1.165) is 6.42 Å². The van der Waals surface area contributed by atoms with Gasteiger partial charge in [-0.1, -0.05) is 18.7 Å². The highest BCUT2D eigenvalue weighted by Gasteiger charge is 2.10. The highest BCUT2D eigenvalue weighted by Crippen LogP contribution is 2.16. The van der Waals surface area contributed by atoms with Crippen molar-refractivity contribution in [2.45, 2.75) is 31.5 Å². The maximum absolute atomic E-state index is 12.8. The minimum Gasteiger partial charge on any atom is -0.294 e. The first kappa shape index (κ1) is 15.5. The summed E-state index contributed by atoms with van der Waals surface area (Å²) in [5.41, 5.74) is 0.259. The summed E-state index contributed by atoms with van der Waals surface area (Å²) >= 11 is 1.36. The lowest BCUT2D eigenvalue weighted by atomic mass is 10.1. The molecule has 2 rings (SSSR count). The summed E-state index contributed by atoms with van der Waals surface area (Å²) in [6.45, 7) is 2.58. The smallest absolute Gasteiger partial charge is 0.294 e. The van der Waals surface area contributed by atoms with Gasteiger partial charge < -0.3 is 0 Å². The van der Waals surface area contributed by atoms with Gasteiger partial charge in [-0.25, -0.2) is 14.3 Å². The highest BCUT2D eigenvalue weighted by molar-refractivity contribution is 7.99. The molecule has 0 amide bonds. The van der Waals surface area contributed by atoms with E-state index in [-0.39, 0.29) is 17.3 Å². The number of carbonyl (C=O) groups is 1. The lowest BCUT2D eigenvalue weighted by Crippen LogP contribution is -2.17. The van der Waals surface area contributed by atoms with Gasteiger partial charge in [0.2, 0.25) is 0 Å². The van der Waals surface area contributed by atoms with Crippen molar-refractivity contribution in [3.8, 4) is 0 Å². The third-order valence-electron chi connectivity index (χ3n) is 2.90. The van der Waals surface area contributed by atoms with Crippen molar-refractivity contribution >= 4 is 17.5 Å². The van der Waals surface area contributed by atoms with Crippen molar-refractivity contribution in [2.75, 3.05) is 5.75 Å². The summed E-state index contributed by atoms with van der Waals surface area (Å²) in [4.78, 5) is 23.4. The number of nitrogens with zero attached hydrogens (tertiary/aromatic N) is 2. The molecule has 1 aromatic heterocycles. The number of benzene rings is 1. The summed E-state index contributed by atoms with van der Waals surface area (Å²) in [6, 6.07) is 5.49. The molecule has 0 saturated carbocycles. The van der Waals surface area contributed by atoms with Crippen LogP contribution in [0.15, 0.2) is 34.2 Å². The number of aromatic nitrogens is 3. The van der Waals surface area contributed by atoms with Crippen LogP contribution in [0.3, 0.4) is 0 Å². The topological polar surface area (TPSA) is 67.8 Å². The average Bonchev–Trinajstić information content (AvgIpc) is 2.81. The van der Waals surface area contributed by atoms with E-state index in [9.17, 15) is 14.0 Å². The van der Waals surface area contributed by atoms with Crippen molar-refractivity contribution in [1.82, 2.24) is 14.8 Å². The second-order valence-corrected chi connectivity index (χ2v) is 5.55. The second kappa shape index (κ2) is 7.21. The van der Waals surface area contributed by atoms with Crippen LogP contribution in [0, 0.1) is 5.82 Å². The van der Waals surface area contributed by atoms with Gasteiger partial charge >= 0.3 is 5.69 Å². The van der Waals surface area contributed by atoms with Gasteiger partial charge in [-0.05, 0) is 30.7 Å². The van der Waals surface area contributed by atoms with Crippen molar-refractivity contribution in [1.29, 1.82) is 0 Å². The maximum atomic E-state index is 12.8. The third kappa shape index (κ3) is 4.04. The Kier molecular flexibility index (Phi) is 5.32. The van der Waals surface area contributed by atoms with Gasteiger partial charge in [0, 0.05) is 24.3 Å². The van der Waals surface area contributed by atoms with E-state index in [1.54, 1.807) is 4.57 Å². The molecule has 0 unspecified atom stereocenters. The molecule has 112 valence electrons. The fourth-order valence-electron chi connectivity index (χ4n) is 1.85. The van der Waals surface area contributed by atoms with Gasteiger partial charge in [-0.3, -0.25) is 9.36 Å². The molecule has 0 aliphatic rings. The van der Waals surface area contributed by atoms with Crippen LogP contribution < -0.4 is 5.69 Å². The molecular weight excluding hydrogens is 293 g/mol. The van der Waals surface area contributed by atoms with Gasteiger partial charge in [0.15, 0.2) is 10.9 Å². The highest BCUT2D eigenvalue weighted by atomic mass is 32.2. The Morgan fingerprint density at radius 1 is 1.38 bits per heavy atom. The number of hydrogen-bond donors (Lipinski definition) is 1. The molecule has 1 aromatic carbocycles. The van der Waals surface area contributed by atoms with Crippen molar-refractivity contribution < 1.29 is 9.18 Å². The maximum Gasteiger partial charge on any atom is 0.343 e. The Bertz CT molecular complexity index is 664. The second-order valence-electron chi connectivity index (χ2n) is 4.49. The number of Topliss-reactive ketones (excluding diaryl/α,β-unsaturated/α-hetero) is 1. The zero-order chi connectivity index (χ0) is 15.2. The van der Waals surface area contributed by atoms with Crippen LogP contribution in [0.5, 0.6) is 0 Å². The number of rotatable bonds is 7. The van der Waals surface area contributed by atoms with E-state index in [4.69, 9.17) is 0 Å².